The lowest BCUT2D eigenvalue weighted by molar-refractivity contribution is -0.116. The van der Waals surface area contributed by atoms with Crippen LogP contribution < -0.4 is 10.6 Å². The summed E-state index contributed by atoms with van der Waals surface area (Å²) < 4.78 is 0. The van der Waals surface area contributed by atoms with E-state index >= 15 is 0 Å². The predicted molar refractivity (Wildman–Crippen MR) is 128 cm³/mol. The molecule has 2 heterocycles. The minimum absolute atomic E-state index is 0.00260. The monoisotopic (exact) mass is 406 g/mol. The number of nitrogens with one attached hydrogen (secondary N) is 1. The first-order chi connectivity index (χ1) is 15.0. The van der Waals surface area contributed by atoms with Gasteiger partial charge in [0.25, 0.3) is 0 Å². The first kappa shape index (κ1) is 18.9. The second-order valence-electron chi connectivity index (χ2n) is 7.69. The van der Waals surface area contributed by atoms with E-state index in [2.05, 4.69) is 17.1 Å². The van der Waals surface area contributed by atoms with E-state index in [0.717, 1.165) is 55.6 Å². The van der Waals surface area contributed by atoms with Crippen molar-refractivity contribution in [1.82, 2.24) is 9.97 Å². The molecule has 0 aliphatic rings. The Morgan fingerprint density at radius 1 is 0.968 bits per heavy atom. The lowest BCUT2D eigenvalue weighted by Crippen LogP contribution is -2.22. The molecule has 31 heavy (non-hydrogen) atoms. The van der Waals surface area contributed by atoms with Gasteiger partial charge in [-0.25, -0.2) is 4.98 Å². The lowest BCUT2D eigenvalue weighted by atomic mass is 9.92. The van der Waals surface area contributed by atoms with Gasteiger partial charge >= 0.3 is 0 Å². The molecule has 0 radical (unpaired) electrons. The van der Waals surface area contributed by atoms with Crippen LogP contribution in [0.2, 0.25) is 0 Å². The quantitative estimate of drug-likeness (QED) is 0.382. The third kappa shape index (κ3) is 3.20. The molecule has 0 saturated carbocycles. The molecule has 0 atom stereocenters. The number of pyridine rings is 1. The topological polar surface area (TPSA) is 75.0 Å². The first-order valence-electron chi connectivity index (χ1n) is 10.1. The van der Waals surface area contributed by atoms with Crippen LogP contribution >= 0.6 is 0 Å². The molecule has 2 aromatic heterocycles. The third-order valence-corrected chi connectivity index (χ3v) is 5.75. The van der Waals surface area contributed by atoms with Crippen molar-refractivity contribution in [3.63, 3.8) is 0 Å². The fourth-order valence-corrected chi connectivity index (χ4v) is 4.04. The number of nitrogen functional groups attached to an aromatic ring is 1. The van der Waals surface area contributed by atoms with E-state index in [1.807, 2.05) is 66.9 Å². The number of rotatable bonds is 3. The van der Waals surface area contributed by atoms with Crippen LogP contribution in [-0.2, 0) is 4.79 Å². The van der Waals surface area contributed by atoms with Gasteiger partial charge in [-0.15, -0.1) is 0 Å². The SMILES string of the molecule is CC(=O)N(C)c1ccc(-c2cnc3[nH]c4ccc(N)cc4c3c2-c2ccccc2)cc1. The van der Waals surface area contributed by atoms with Crippen LogP contribution in [0.1, 0.15) is 6.92 Å². The van der Waals surface area contributed by atoms with Crippen molar-refractivity contribution in [3.8, 4) is 22.3 Å². The molecule has 0 saturated heterocycles. The highest BCUT2D eigenvalue weighted by Crippen LogP contribution is 2.41. The van der Waals surface area contributed by atoms with Gasteiger partial charge in [0.2, 0.25) is 5.91 Å². The summed E-state index contributed by atoms with van der Waals surface area (Å²) in [6, 6.07) is 24.2. The lowest BCUT2D eigenvalue weighted by Gasteiger charge is -2.16. The summed E-state index contributed by atoms with van der Waals surface area (Å²) in [5.74, 6) is -0.00260. The van der Waals surface area contributed by atoms with Crippen LogP contribution in [0.5, 0.6) is 0 Å². The van der Waals surface area contributed by atoms with E-state index in [1.165, 1.54) is 0 Å². The number of aromatic amines is 1. The Hall–Kier alpha value is -4.12. The molecular formula is C26H22N4O. The molecule has 0 unspecified atom stereocenters. The Labute approximate surface area is 180 Å². The van der Waals surface area contributed by atoms with Gasteiger partial charge in [-0.05, 0) is 41.5 Å². The van der Waals surface area contributed by atoms with Crippen LogP contribution in [0.15, 0.2) is 79.0 Å². The van der Waals surface area contributed by atoms with Gasteiger partial charge in [-0.2, -0.15) is 0 Å². The highest BCUT2D eigenvalue weighted by molar-refractivity contribution is 6.16. The van der Waals surface area contributed by atoms with Gasteiger partial charge in [0.05, 0.1) is 0 Å². The van der Waals surface area contributed by atoms with Gasteiger partial charge in [-0.3, -0.25) is 4.79 Å². The van der Waals surface area contributed by atoms with Gasteiger partial charge in [0, 0.05) is 59.0 Å². The zero-order chi connectivity index (χ0) is 21.5. The molecule has 5 aromatic rings. The van der Waals surface area contributed by atoms with Crippen LogP contribution in [0.25, 0.3) is 44.2 Å². The summed E-state index contributed by atoms with van der Waals surface area (Å²) in [5.41, 5.74) is 13.8. The smallest absolute Gasteiger partial charge is 0.223 e. The summed E-state index contributed by atoms with van der Waals surface area (Å²) in [5, 5.41) is 2.10. The summed E-state index contributed by atoms with van der Waals surface area (Å²) in [6.45, 7) is 1.56. The Balaban J connectivity index is 1.80. The maximum Gasteiger partial charge on any atom is 0.223 e. The number of amides is 1. The van der Waals surface area contributed by atoms with E-state index in [1.54, 1.807) is 18.9 Å². The van der Waals surface area contributed by atoms with Crippen molar-refractivity contribution in [2.24, 2.45) is 0 Å². The molecule has 5 nitrogen and oxygen atoms in total. The minimum atomic E-state index is -0.00260. The van der Waals surface area contributed by atoms with Gasteiger partial charge in [0.15, 0.2) is 0 Å². The number of fused-ring (bicyclic) bond motifs is 3. The molecule has 0 spiro atoms. The average Bonchev–Trinajstić information content (AvgIpc) is 3.16. The van der Waals surface area contributed by atoms with E-state index in [4.69, 9.17) is 10.7 Å². The largest absolute Gasteiger partial charge is 0.399 e. The first-order valence-corrected chi connectivity index (χ1v) is 10.1. The Kier molecular flexibility index (Phi) is 4.44. The molecule has 0 aliphatic carbocycles. The molecule has 5 heteroatoms. The van der Waals surface area contributed by atoms with Crippen LogP contribution in [0.4, 0.5) is 11.4 Å². The van der Waals surface area contributed by atoms with Crippen molar-refractivity contribution in [3.05, 3.63) is 79.0 Å². The van der Waals surface area contributed by atoms with E-state index < -0.39 is 0 Å². The number of nitrogens with two attached hydrogens (primary N) is 1. The van der Waals surface area contributed by atoms with Crippen molar-refractivity contribution in [2.45, 2.75) is 6.92 Å². The average molecular weight is 406 g/mol. The van der Waals surface area contributed by atoms with E-state index in [0.29, 0.717) is 0 Å². The summed E-state index contributed by atoms with van der Waals surface area (Å²) in [4.78, 5) is 21.5. The number of hydrogen-bond acceptors (Lipinski definition) is 3. The molecule has 0 aliphatic heterocycles. The zero-order valence-corrected chi connectivity index (χ0v) is 17.4. The molecule has 0 fully saturated rings. The highest BCUT2D eigenvalue weighted by Gasteiger charge is 2.17. The summed E-state index contributed by atoms with van der Waals surface area (Å²) >= 11 is 0. The fourth-order valence-electron chi connectivity index (χ4n) is 4.04. The number of carbonyl (C=O) groups excluding carboxylic acids is 1. The second-order valence-corrected chi connectivity index (χ2v) is 7.69. The number of carbonyl (C=O) groups is 1. The number of benzene rings is 3. The number of hydrogen-bond donors (Lipinski definition) is 2. The third-order valence-electron chi connectivity index (χ3n) is 5.75. The maximum atomic E-state index is 11.7. The maximum absolute atomic E-state index is 11.7. The van der Waals surface area contributed by atoms with Crippen LogP contribution in [0, 0.1) is 0 Å². The predicted octanol–water partition coefficient (Wildman–Crippen LogP) is 5.62. The van der Waals surface area contributed by atoms with Crippen molar-refractivity contribution in [1.29, 1.82) is 0 Å². The second kappa shape index (κ2) is 7.29. The van der Waals surface area contributed by atoms with Gasteiger partial charge in [0.1, 0.15) is 5.65 Å². The molecule has 152 valence electrons. The number of nitrogens with zero attached hydrogens (tertiary/aromatic N) is 2. The number of H-pyrrole nitrogens is 1. The van der Waals surface area contributed by atoms with E-state index in [-0.39, 0.29) is 5.91 Å². The van der Waals surface area contributed by atoms with Crippen LogP contribution in [-0.4, -0.2) is 22.9 Å². The molecule has 3 N–H and O–H groups in total. The van der Waals surface area contributed by atoms with Crippen molar-refractivity contribution in [2.75, 3.05) is 17.7 Å². The fraction of sp³-hybridized carbons (Fsp3) is 0.0769. The van der Waals surface area contributed by atoms with Crippen LogP contribution in [0.3, 0.4) is 0 Å². The standard InChI is InChI=1S/C26H22N4O/c1-16(31)30(2)20-11-8-17(9-12-20)22-15-28-26-25(24(22)18-6-4-3-5-7-18)21-14-19(27)10-13-23(21)29-26/h3-15H,27H2,1-2H3,(H,28,29). The zero-order valence-electron chi connectivity index (χ0n) is 17.4. The Bertz CT molecular complexity index is 1420. The Morgan fingerprint density at radius 2 is 1.71 bits per heavy atom. The summed E-state index contributed by atoms with van der Waals surface area (Å²) in [7, 11) is 1.77. The van der Waals surface area contributed by atoms with Gasteiger partial charge in [-0.1, -0.05) is 42.5 Å². The Morgan fingerprint density at radius 3 is 2.42 bits per heavy atom. The molecule has 0 bridgehead atoms. The molecular weight excluding hydrogens is 384 g/mol. The molecule has 3 aromatic carbocycles. The molecule has 1 amide bonds. The number of aromatic nitrogens is 2. The normalized spacial score (nSPS) is 11.2. The van der Waals surface area contributed by atoms with Crippen molar-refractivity contribution >= 4 is 39.2 Å². The highest BCUT2D eigenvalue weighted by atomic mass is 16.2. The van der Waals surface area contributed by atoms with E-state index in [9.17, 15) is 4.79 Å². The number of anilines is 2. The van der Waals surface area contributed by atoms with Crippen molar-refractivity contribution < 1.29 is 4.79 Å². The molecule has 5 rings (SSSR count). The minimum Gasteiger partial charge on any atom is -0.399 e. The van der Waals surface area contributed by atoms with Gasteiger partial charge < -0.3 is 15.6 Å². The summed E-state index contributed by atoms with van der Waals surface area (Å²) in [6.07, 6.45) is 1.91.